The fourth-order valence-corrected chi connectivity index (χ4v) is 2.92. The first-order chi connectivity index (χ1) is 13.5. The van der Waals surface area contributed by atoms with Gasteiger partial charge in [-0.3, -0.25) is 9.59 Å². The van der Waals surface area contributed by atoms with Gasteiger partial charge in [-0.1, -0.05) is 6.08 Å². The number of hydrogen-bond donors (Lipinski definition) is 4. The van der Waals surface area contributed by atoms with E-state index in [0.29, 0.717) is 12.8 Å². The Kier molecular flexibility index (Phi) is 7.94. The Morgan fingerprint density at radius 1 is 1.36 bits per heavy atom. The number of rotatable bonds is 8. The molecule has 1 saturated carbocycles. The van der Waals surface area contributed by atoms with Crippen LogP contribution in [-0.2, 0) is 0 Å². The second-order valence-electron chi connectivity index (χ2n) is 6.52. The summed E-state index contributed by atoms with van der Waals surface area (Å²) in [6.07, 6.45) is 5.79. The lowest BCUT2D eigenvalue weighted by Crippen LogP contribution is -2.38. The van der Waals surface area contributed by atoms with Crippen LogP contribution in [0.5, 0.6) is 5.75 Å². The van der Waals surface area contributed by atoms with E-state index in [2.05, 4.69) is 32.5 Å². The van der Waals surface area contributed by atoms with E-state index in [1.165, 1.54) is 19.3 Å². The predicted molar refractivity (Wildman–Crippen MR) is 107 cm³/mol. The smallest absolute Gasteiger partial charge is 0.271 e. The lowest BCUT2D eigenvalue weighted by Gasteiger charge is -2.25. The number of ether oxygens (including phenoxy) is 1. The predicted octanol–water partition coefficient (Wildman–Crippen LogP) is 1.42. The Balaban J connectivity index is 2.11. The van der Waals surface area contributed by atoms with Crippen molar-refractivity contribution in [1.82, 2.24) is 15.6 Å². The summed E-state index contributed by atoms with van der Waals surface area (Å²) < 4.78 is 5.72. The molecule has 152 valence electrons. The molecule has 9 nitrogen and oxygen atoms in total. The summed E-state index contributed by atoms with van der Waals surface area (Å²) in [5.41, 5.74) is 1.15. The first-order valence-corrected chi connectivity index (χ1v) is 9.19. The highest BCUT2D eigenvalue weighted by molar-refractivity contribution is 5.99. The van der Waals surface area contributed by atoms with E-state index in [0.717, 1.165) is 18.4 Å². The third-order valence-corrected chi connectivity index (χ3v) is 4.58. The highest BCUT2D eigenvalue weighted by Crippen LogP contribution is 2.22. The molecule has 0 unspecified atom stereocenters. The molecule has 1 aliphatic carbocycles. The molecule has 0 spiro atoms. The molecule has 2 rings (SSSR count). The third-order valence-electron chi connectivity index (χ3n) is 4.58. The number of aliphatic hydroxyl groups is 1. The maximum atomic E-state index is 12.6. The van der Waals surface area contributed by atoms with Crippen molar-refractivity contribution in [2.75, 3.05) is 13.7 Å². The molecule has 2 amide bonds. The minimum Gasteiger partial charge on any atom is -0.486 e. The highest BCUT2D eigenvalue weighted by Gasteiger charge is 2.24. The fraction of sp³-hybridized carbons (Fsp3) is 0.474. The van der Waals surface area contributed by atoms with Crippen molar-refractivity contribution in [3.63, 3.8) is 0 Å². The molecule has 1 aromatic rings. The summed E-state index contributed by atoms with van der Waals surface area (Å²) in [6.45, 7) is 5.25. The molecule has 4 N–H and O–H groups in total. The summed E-state index contributed by atoms with van der Waals surface area (Å²) >= 11 is 0. The second kappa shape index (κ2) is 10.4. The van der Waals surface area contributed by atoms with Crippen molar-refractivity contribution in [2.45, 2.75) is 44.8 Å². The van der Waals surface area contributed by atoms with Crippen LogP contribution in [0.2, 0.25) is 0 Å². The van der Waals surface area contributed by atoms with Crippen LogP contribution in [0.4, 0.5) is 0 Å². The number of allylic oxidation sites excluding steroid dienone is 1. The summed E-state index contributed by atoms with van der Waals surface area (Å²) in [4.78, 5) is 27.5. The topological polar surface area (TPSA) is 128 Å². The summed E-state index contributed by atoms with van der Waals surface area (Å²) in [6, 6.07) is 1.51. The van der Waals surface area contributed by atoms with Gasteiger partial charge in [0.05, 0.1) is 12.3 Å². The van der Waals surface area contributed by atoms with Gasteiger partial charge in [0, 0.05) is 31.4 Å². The van der Waals surface area contributed by atoms with Gasteiger partial charge in [-0.25, -0.2) is 0 Å². The molecule has 1 aliphatic rings. The maximum Gasteiger partial charge on any atom is 0.271 e. The van der Waals surface area contributed by atoms with Gasteiger partial charge in [0.1, 0.15) is 18.0 Å². The largest absolute Gasteiger partial charge is 0.486 e. The van der Waals surface area contributed by atoms with Crippen molar-refractivity contribution >= 4 is 24.7 Å². The standard InChI is InChI=1S/C19H27N5O4/c1-4-12(10-22-21-3)11-28-16-9-15(24-17(16)19(27)20-2)18(26)23-13-5-7-14(25)8-6-13/h4,9-10,13-14,24-25H,3,5-8,11H2,1-2H3,(H,20,27)(H,23,26)/b12-4+,22-10-. The number of nitrogens with zero attached hydrogens (tertiary/aromatic N) is 2. The van der Waals surface area contributed by atoms with Crippen LogP contribution in [0.25, 0.3) is 0 Å². The number of H-pyrrole nitrogens is 1. The lowest BCUT2D eigenvalue weighted by molar-refractivity contribution is 0.0863. The quantitative estimate of drug-likeness (QED) is 0.396. The Hall–Kier alpha value is -2.94. The molecule has 0 atom stereocenters. The van der Waals surface area contributed by atoms with E-state index in [9.17, 15) is 14.7 Å². The van der Waals surface area contributed by atoms with Crippen LogP contribution in [-0.4, -0.2) is 60.6 Å². The first kappa shape index (κ1) is 21.4. The Labute approximate surface area is 164 Å². The summed E-state index contributed by atoms with van der Waals surface area (Å²) in [5, 5.41) is 22.2. The number of nitrogens with one attached hydrogen (secondary N) is 3. The molecule has 1 aromatic heterocycles. The van der Waals surface area contributed by atoms with Crippen LogP contribution < -0.4 is 15.4 Å². The van der Waals surface area contributed by atoms with Gasteiger partial charge < -0.3 is 25.5 Å². The zero-order valence-corrected chi connectivity index (χ0v) is 16.2. The number of aromatic nitrogens is 1. The monoisotopic (exact) mass is 389 g/mol. The Morgan fingerprint density at radius 2 is 2.07 bits per heavy atom. The number of carbonyl (C=O) groups is 2. The molecule has 0 bridgehead atoms. The van der Waals surface area contributed by atoms with Crippen molar-refractivity contribution in [3.05, 3.63) is 29.1 Å². The van der Waals surface area contributed by atoms with Gasteiger partial charge in [-0.2, -0.15) is 10.2 Å². The van der Waals surface area contributed by atoms with Crippen LogP contribution in [0, 0.1) is 0 Å². The molecule has 0 aliphatic heterocycles. The molecule has 0 radical (unpaired) electrons. The van der Waals surface area contributed by atoms with E-state index >= 15 is 0 Å². The average Bonchev–Trinajstić information content (AvgIpc) is 3.13. The van der Waals surface area contributed by atoms with Gasteiger partial charge in [0.25, 0.3) is 11.8 Å². The number of aliphatic hydroxyl groups excluding tert-OH is 1. The maximum absolute atomic E-state index is 12.6. The molecule has 28 heavy (non-hydrogen) atoms. The van der Waals surface area contributed by atoms with Gasteiger partial charge in [-0.15, -0.1) is 0 Å². The Morgan fingerprint density at radius 3 is 2.68 bits per heavy atom. The SMILES string of the molecule is C=N/N=C\C(=C/C)COc1cc(C(=O)NC2CCC(O)CC2)[nH]c1C(=O)NC. The number of carbonyl (C=O) groups excluding carboxylic acids is 2. The van der Waals surface area contributed by atoms with Gasteiger partial charge in [0.2, 0.25) is 0 Å². The zero-order valence-electron chi connectivity index (χ0n) is 16.2. The van der Waals surface area contributed by atoms with Crippen LogP contribution in [0.3, 0.4) is 0 Å². The van der Waals surface area contributed by atoms with Crippen LogP contribution in [0.1, 0.15) is 53.6 Å². The van der Waals surface area contributed by atoms with Crippen molar-refractivity contribution in [1.29, 1.82) is 0 Å². The molecular formula is C19H27N5O4. The molecule has 0 saturated heterocycles. The molecule has 1 fully saturated rings. The number of hydrogen-bond acceptors (Lipinski definition) is 6. The average molecular weight is 389 g/mol. The number of amides is 2. The first-order valence-electron chi connectivity index (χ1n) is 9.19. The Bertz CT molecular complexity index is 760. The minimum atomic E-state index is -0.390. The summed E-state index contributed by atoms with van der Waals surface area (Å²) in [7, 11) is 1.50. The van der Waals surface area contributed by atoms with Crippen molar-refractivity contribution < 1.29 is 19.4 Å². The van der Waals surface area contributed by atoms with Crippen LogP contribution in [0.15, 0.2) is 27.9 Å². The zero-order chi connectivity index (χ0) is 20.5. The van der Waals surface area contributed by atoms with Gasteiger partial charge in [0.15, 0.2) is 5.75 Å². The van der Waals surface area contributed by atoms with E-state index in [1.54, 1.807) is 6.08 Å². The van der Waals surface area contributed by atoms with Gasteiger partial charge in [-0.05, 0) is 32.6 Å². The van der Waals surface area contributed by atoms with Crippen LogP contribution >= 0.6 is 0 Å². The highest BCUT2D eigenvalue weighted by atomic mass is 16.5. The minimum absolute atomic E-state index is 0.00395. The number of aromatic amines is 1. The lowest BCUT2D eigenvalue weighted by atomic mass is 9.93. The molecule has 0 aromatic carbocycles. The van der Waals surface area contributed by atoms with Gasteiger partial charge >= 0.3 is 0 Å². The van der Waals surface area contributed by atoms with Crippen molar-refractivity contribution in [2.24, 2.45) is 10.2 Å². The molecule has 1 heterocycles. The molecule has 9 heteroatoms. The molecular weight excluding hydrogens is 362 g/mol. The third kappa shape index (κ3) is 5.78. The van der Waals surface area contributed by atoms with E-state index < -0.39 is 5.91 Å². The second-order valence-corrected chi connectivity index (χ2v) is 6.52. The van der Waals surface area contributed by atoms with E-state index in [-0.39, 0.29) is 41.8 Å². The van der Waals surface area contributed by atoms with E-state index in [4.69, 9.17) is 4.74 Å². The van der Waals surface area contributed by atoms with Crippen molar-refractivity contribution in [3.8, 4) is 5.75 Å². The normalized spacial score (nSPS) is 20.0. The fourth-order valence-electron chi connectivity index (χ4n) is 2.92. The summed E-state index contributed by atoms with van der Waals surface area (Å²) in [5.74, 6) is -0.439. The van der Waals surface area contributed by atoms with E-state index in [1.807, 2.05) is 6.92 Å².